The fraction of sp³-hybridized carbons (Fsp3) is 0.333. The molecule has 0 aliphatic heterocycles. The van der Waals surface area contributed by atoms with Crippen LogP contribution in [-0.4, -0.2) is 15.1 Å². The van der Waals surface area contributed by atoms with Gasteiger partial charge in [0.25, 0.3) is 11.6 Å². The second-order valence-corrected chi connectivity index (χ2v) is 5.20. The third-order valence-corrected chi connectivity index (χ3v) is 2.57. The van der Waals surface area contributed by atoms with E-state index in [2.05, 4.69) is 10.1 Å². The van der Waals surface area contributed by atoms with Gasteiger partial charge >= 0.3 is 0 Å². The number of aromatic nitrogens is 2. The first-order chi connectivity index (χ1) is 8.79. The zero-order valence-electron chi connectivity index (χ0n) is 10.9. The van der Waals surface area contributed by atoms with E-state index in [9.17, 15) is 10.1 Å². The van der Waals surface area contributed by atoms with E-state index in [1.54, 1.807) is 6.07 Å². The van der Waals surface area contributed by atoms with Gasteiger partial charge in [0.2, 0.25) is 0 Å². The predicted molar refractivity (Wildman–Crippen MR) is 69.5 cm³/mol. The molecule has 1 aromatic heterocycles. The van der Waals surface area contributed by atoms with E-state index in [-0.39, 0.29) is 22.7 Å². The van der Waals surface area contributed by atoms with Crippen molar-refractivity contribution in [2.24, 2.45) is 0 Å². The molecule has 0 unspecified atom stereocenters. The number of rotatable bonds is 2. The van der Waals surface area contributed by atoms with Gasteiger partial charge in [-0.25, -0.2) is 0 Å². The Hall–Kier alpha value is -2.44. The first-order valence-electron chi connectivity index (χ1n) is 5.67. The molecule has 0 spiro atoms. The van der Waals surface area contributed by atoms with Crippen LogP contribution in [0.3, 0.4) is 0 Å². The highest BCUT2D eigenvalue weighted by Crippen LogP contribution is 2.29. The van der Waals surface area contributed by atoms with Gasteiger partial charge in [0.05, 0.1) is 4.92 Å². The van der Waals surface area contributed by atoms with Gasteiger partial charge in [-0.1, -0.05) is 25.9 Å². The molecule has 1 heterocycles. The lowest BCUT2D eigenvalue weighted by Crippen LogP contribution is -2.13. The van der Waals surface area contributed by atoms with Crippen molar-refractivity contribution < 1.29 is 9.45 Å². The monoisotopic (exact) mass is 262 g/mol. The Kier molecular flexibility index (Phi) is 2.97. The number of hydrogen-bond acceptors (Lipinski definition) is 6. The van der Waals surface area contributed by atoms with Crippen molar-refractivity contribution >= 4 is 11.4 Å². The van der Waals surface area contributed by atoms with Gasteiger partial charge in [-0.15, -0.1) is 0 Å². The highest BCUT2D eigenvalue weighted by molar-refractivity contribution is 5.67. The molecule has 0 radical (unpaired) electrons. The maximum Gasteiger partial charge on any atom is 0.292 e. The topological polar surface area (TPSA) is 108 Å². The first-order valence-corrected chi connectivity index (χ1v) is 5.67. The second kappa shape index (κ2) is 4.34. The number of nitrogens with two attached hydrogens (primary N) is 1. The molecule has 19 heavy (non-hydrogen) atoms. The maximum absolute atomic E-state index is 10.8. The van der Waals surface area contributed by atoms with E-state index in [0.717, 1.165) is 0 Å². The van der Waals surface area contributed by atoms with Crippen LogP contribution in [0.2, 0.25) is 0 Å². The highest BCUT2D eigenvalue weighted by atomic mass is 16.6. The Morgan fingerprint density at radius 1 is 1.37 bits per heavy atom. The van der Waals surface area contributed by atoms with Crippen LogP contribution >= 0.6 is 0 Å². The number of anilines is 1. The summed E-state index contributed by atoms with van der Waals surface area (Å²) >= 11 is 0. The third kappa shape index (κ3) is 2.54. The fourth-order valence-corrected chi connectivity index (χ4v) is 1.48. The van der Waals surface area contributed by atoms with Crippen LogP contribution in [0, 0.1) is 10.1 Å². The van der Waals surface area contributed by atoms with E-state index >= 15 is 0 Å². The Morgan fingerprint density at radius 3 is 2.58 bits per heavy atom. The minimum absolute atomic E-state index is 0.101. The van der Waals surface area contributed by atoms with Gasteiger partial charge in [0.1, 0.15) is 5.69 Å². The number of hydrogen-bond donors (Lipinski definition) is 1. The van der Waals surface area contributed by atoms with E-state index < -0.39 is 4.92 Å². The lowest BCUT2D eigenvalue weighted by molar-refractivity contribution is -0.383. The van der Waals surface area contributed by atoms with Gasteiger partial charge in [-0.05, 0) is 12.1 Å². The molecule has 7 nitrogen and oxygen atoms in total. The SMILES string of the molecule is CC(C)(C)c1noc(-c2ccc(N)c([N+](=O)[O-])c2)n1. The molecule has 0 bridgehead atoms. The predicted octanol–water partition coefficient (Wildman–Crippen LogP) is 2.52. The molecule has 0 saturated carbocycles. The molecule has 7 heteroatoms. The quantitative estimate of drug-likeness (QED) is 0.506. The summed E-state index contributed by atoms with van der Waals surface area (Å²) in [5.41, 5.74) is 5.69. The van der Waals surface area contributed by atoms with Gasteiger partial charge < -0.3 is 10.3 Å². The van der Waals surface area contributed by atoms with Crippen molar-refractivity contribution in [3.05, 3.63) is 34.1 Å². The average molecular weight is 262 g/mol. The summed E-state index contributed by atoms with van der Waals surface area (Å²) in [6.07, 6.45) is 0. The lowest BCUT2D eigenvalue weighted by Gasteiger charge is -2.10. The van der Waals surface area contributed by atoms with E-state index in [1.807, 2.05) is 20.8 Å². The molecule has 100 valence electrons. The molecule has 1 aromatic carbocycles. The maximum atomic E-state index is 10.8. The number of nitro benzene ring substituents is 1. The summed E-state index contributed by atoms with van der Waals surface area (Å²) in [5.74, 6) is 0.787. The second-order valence-electron chi connectivity index (χ2n) is 5.20. The zero-order valence-corrected chi connectivity index (χ0v) is 10.9. The van der Waals surface area contributed by atoms with Crippen LogP contribution in [0.5, 0.6) is 0 Å². The van der Waals surface area contributed by atoms with Crippen LogP contribution in [0.15, 0.2) is 22.7 Å². The van der Waals surface area contributed by atoms with Gasteiger partial charge in [0.15, 0.2) is 5.82 Å². The van der Waals surface area contributed by atoms with E-state index in [4.69, 9.17) is 10.3 Å². The Labute approximate surface area is 109 Å². The summed E-state index contributed by atoms with van der Waals surface area (Å²) < 4.78 is 5.13. The van der Waals surface area contributed by atoms with Crippen molar-refractivity contribution in [1.82, 2.24) is 10.1 Å². The zero-order chi connectivity index (χ0) is 14.2. The van der Waals surface area contributed by atoms with Crippen LogP contribution in [0.25, 0.3) is 11.5 Å². The Balaban J connectivity index is 2.45. The molecular formula is C12H14N4O3. The van der Waals surface area contributed by atoms with Gasteiger partial charge in [-0.3, -0.25) is 10.1 Å². The number of nitrogens with zero attached hydrogens (tertiary/aromatic N) is 3. The van der Waals surface area contributed by atoms with Gasteiger partial charge in [-0.2, -0.15) is 4.98 Å². The number of nitrogen functional groups attached to an aromatic ring is 1. The summed E-state index contributed by atoms with van der Waals surface area (Å²) in [4.78, 5) is 14.5. The van der Waals surface area contributed by atoms with Crippen molar-refractivity contribution in [2.75, 3.05) is 5.73 Å². The normalized spacial score (nSPS) is 11.5. The average Bonchev–Trinajstić information content (AvgIpc) is 2.78. The highest BCUT2D eigenvalue weighted by Gasteiger charge is 2.22. The van der Waals surface area contributed by atoms with E-state index in [1.165, 1.54) is 12.1 Å². The molecule has 2 N–H and O–H groups in total. The molecular weight excluding hydrogens is 248 g/mol. The van der Waals surface area contributed by atoms with Crippen molar-refractivity contribution in [1.29, 1.82) is 0 Å². The van der Waals surface area contributed by atoms with Crippen molar-refractivity contribution in [3.63, 3.8) is 0 Å². The summed E-state index contributed by atoms with van der Waals surface area (Å²) in [5, 5.41) is 14.7. The molecule has 2 rings (SSSR count). The van der Waals surface area contributed by atoms with Crippen molar-refractivity contribution in [2.45, 2.75) is 26.2 Å². The van der Waals surface area contributed by atoms with E-state index in [0.29, 0.717) is 11.4 Å². The smallest absolute Gasteiger partial charge is 0.292 e. The van der Waals surface area contributed by atoms with Crippen molar-refractivity contribution in [3.8, 4) is 11.5 Å². The molecule has 0 saturated heterocycles. The van der Waals surface area contributed by atoms with Crippen LogP contribution in [-0.2, 0) is 5.41 Å². The number of nitro groups is 1. The van der Waals surface area contributed by atoms with Crippen LogP contribution in [0.4, 0.5) is 11.4 Å². The Bertz CT molecular complexity index is 628. The summed E-state index contributed by atoms with van der Waals surface area (Å²) in [6, 6.07) is 4.39. The largest absolute Gasteiger partial charge is 0.393 e. The molecule has 0 atom stereocenters. The minimum Gasteiger partial charge on any atom is -0.393 e. The summed E-state index contributed by atoms with van der Waals surface area (Å²) in [6.45, 7) is 5.85. The summed E-state index contributed by atoms with van der Waals surface area (Å²) in [7, 11) is 0. The number of benzene rings is 1. The van der Waals surface area contributed by atoms with Gasteiger partial charge in [0, 0.05) is 17.0 Å². The molecule has 0 aliphatic rings. The molecule has 0 aliphatic carbocycles. The molecule has 0 fully saturated rings. The fourth-order valence-electron chi connectivity index (χ4n) is 1.48. The lowest BCUT2D eigenvalue weighted by atomic mass is 9.96. The molecule has 0 amide bonds. The minimum atomic E-state index is -0.542. The standard InChI is InChI=1S/C12H14N4O3/c1-12(2,3)11-14-10(19-15-11)7-4-5-8(13)9(6-7)16(17)18/h4-6H,13H2,1-3H3. The first kappa shape index (κ1) is 13.0. The van der Waals surface area contributed by atoms with Crippen LogP contribution < -0.4 is 5.73 Å². The van der Waals surface area contributed by atoms with Crippen LogP contribution in [0.1, 0.15) is 26.6 Å². The third-order valence-electron chi connectivity index (χ3n) is 2.57. The Morgan fingerprint density at radius 2 is 2.05 bits per heavy atom. The molecule has 2 aromatic rings.